The molecule has 0 aromatic heterocycles. The lowest BCUT2D eigenvalue weighted by Crippen LogP contribution is -2.32. The van der Waals surface area contributed by atoms with E-state index in [9.17, 15) is 4.79 Å². The van der Waals surface area contributed by atoms with Crippen LogP contribution in [0.4, 0.5) is 4.79 Å². The van der Waals surface area contributed by atoms with Crippen LogP contribution in [0.3, 0.4) is 0 Å². The van der Waals surface area contributed by atoms with E-state index in [-0.39, 0.29) is 0 Å². The van der Waals surface area contributed by atoms with Gasteiger partial charge in [-0.2, -0.15) is 0 Å². The zero-order chi connectivity index (χ0) is 14.6. The number of benzene rings is 1. The first-order valence-corrected chi connectivity index (χ1v) is 6.34. The Morgan fingerprint density at radius 2 is 1.74 bits per heavy atom. The molecule has 0 fully saturated rings. The first-order valence-electron chi connectivity index (χ1n) is 6.34. The van der Waals surface area contributed by atoms with Gasteiger partial charge in [-0.25, -0.2) is 4.79 Å². The smallest absolute Gasteiger partial charge is 0.407 e. The number of nitrogens with one attached hydrogen (secondary N) is 1. The standard InChI is InChI=1S/C15H23NO3/c1-10-7-12(18-6)8-11(2)13(10)9-16-14(17)19-15(3,4)5/h7-8H,9H2,1-6H3,(H,16,17). The summed E-state index contributed by atoms with van der Waals surface area (Å²) in [5.41, 5.74) is 2.79. The summed E-state index contributed by atoms with van der Waals surface area (Å²) in [6.45, 7) is 9.99. The van der Waals surface area contributed by atoms with E-state index in [1.165, 1.54) is 0 Å². The van der Waals surface area contributed by atoms with E-state index in [4.69, 9.17) is 9.47 Å². The second-order valence-electron chi connectivity index (χ2n) is 5.60. The molecular weight excluding hydrogens is 242 g/mol. The highest BCUT2D eigenvalue weighted by Crippen LogP contribution is 2.21. The molecule has 4 heteroatoms. The molecule has 0 bridgehead atoms. The Balaban J connectivity index is 2.71. The van der Waals surface area contributed by atoms with Crippen molar-refractivity contribution in [3.8, 4) is 5.75 Å². The van der Waals surface area contributed by atoms with Crippen molar-refractivity contribution in [2.45, 2.75) is 46.8 Å². The van der Waals surface area contributed by atoms with E-state index in [2.05, 4.69) is 5.32 Å². The minimum atomic E-state index is -0.478. The van der Waals surface area contributed by atoms with E-state index in [0.29, 0.717) is 6.54 Å². The van der Waals surface area contributed by atoms with Gasteiger partial charge in [0.1, 0.15) is 11.4 Å². The lowest BCUT2D eigenvalue weighted by atomic mass is 10.0. The summed E-state index contributed by atoms with van der Waals surface area (Å²) >= 11 is 0. The first kappa shape index (κ1) is 15.3. The van der Waals surface area contributed by atoms with E-state index in [1.807, 2.05) is 46.8 Å². The van der Waals surface area contributed by atoms with Crippen LogP contribution in [0.2, 0.25) is 0 Å². The van der Waals surface area contributed by atoms with Crippen LogP contribution in [0.5, 0.6) is 5.75 Å². The van der Waals surface area contributed by atoms with Crippen LogP contribution in [-0.2, 0) is 11.3 Å². The summed E-state index contributed by atoms with van der Waals surface area (Å²) in [5, 5.41) is 2.77. The molecule has 0 saturated heterocycles. The van der Waals surface area contributed by atoms with Gasteiger partial charge in [-0.1, -0.05) is 0 Å². The van der Waals surface area contributed by atoms with Crippen LogP contribution in [0, 0.1) is 13.8 Å². The van der Waals surface area contributed by atoms with Gasteiger partial charge in [0.15, 0.2) is 0 Å². The van der Waals surface area contributed by atoms with Crippen molar-refractivity contribution in [2.24, 2.45) is 0 Å². The lowest BCUT2D eigenvalue weighted by molar-refractivity contribution is 0.0523. The molecule has 0 heterocycles. The molecule has 1 aromatic carbocycles. The van der Waals surface area contributed by atoms with Crippen molar-refractivity contribution < 1.29 is 14.3 Å². The second-order valence-corrected chi connectivity index (χ2v) is 5.60. The number of alkyl carbamates (subject to hydrolysis) is 1. The molecule has 1 aromatic rings. The van der Waals surface area contributed by atoms with Crippen molar-refractivity contribution in [3.63, 3.8) is 0 Å². The highest BCUT2D eigenvalue weighted by atomic mass is 16.6. The van der Waals surface area contributed by atoms with Gasteiger partial charge < -0.3 is 14.8 Å². The molecule has 0 aliphatic rings. The average Bonchev–Trinajstić information content (AvgIpc) is 2.25. The van der Waals surface area contributed by atoms with Crippen molar-refractivity contribution in [3.05, 3.63) is 28.8 Å². The SMILES string of the molecule is COc1cc(C)c(CNC(=O)OC(C)(C)C)c(C)c1. The quantitative estimate of drug-likeness (QED) is 0.911. The fraction of sp³-hybridized carbons (Fsp3) is 0.533. The van der Waals surface area contributed by atoms with Gasteiger partial charge in [0.25, 0.3) is 0 Å². The maximum atomic E-state index is 11.6. The first-order chi connectivity index (χ1) is 8.73. The third-order valence-corrected chi connectivity index (χ3v) is 2.71. The van der Waals surface area contributed by atoms with Crippen LogP contribution < -0.4 is 10.1 Å². The van der Waals surface area contributed by atoms with E-state index < -0.39 is 11.7 Å². The molecule has 0 radical (unpaired) electrons. The Kier molecular flexibility index (Phi) is 4.81. The van der Waals surface area contributed by atoms with Gasteiger partial charge in [0.05, 0.1) is 7.11 Å². The monoisotopic (exact) mass is 265 g/mol. The summed E-state index contributed by atoms with van der Waals surface area (Å²) in [6, 6.07) is 3.91. The fourth-order valence-electron chi connectivity index (χ4n) is 1.83. The van der Waals surface area contributed by atoms with Crippen LogP contribution in [0.25, 0.3) is 0 Å². The topological polar surface area (TPSA) is 47.6 Å². The Hall–Kier alpha value is -1.71. The molecule has 1 N–H and O–H groups in total. The summed E-state index contributed by atoms with van der Waals surface area (Å²) < 4.78 is 10.4. The maximum absolute atomic E-state index is 11.6. The van der Waals surface area contributed by atoms with Crippen LogP contribution in [-0.4, -0.2) is 18.8 Å². The van der Waals surface area contributed by atoms with Gasteiger partial charge in [-0.05, 0) is 63.4 Å². The predicted octanol–water partition coefficient (Wildman–Crippen LogP) is 3.34. The summed E-state index contributed by atoms with van der Waals surface area (Å²) in [5.74, 6) is 0.830. The number of ether oxygens (including phenoxy) is 2. The molecule has 0 aliphatic heterocycles. The third kappa shape index (κ3) is 4.81. The minimum absolute atomic E-state index is 0.401. The highest BCUT2D eigenvalue weighted by Gasteiger charge is 2.16. The number of carbonyl (C=O) groups excluding carboxylic acids is 1. The largest absolute Gasteiger partial charge is 0.497 e. The van der Waals surface area contributed by atoms with E-state index in [1.54, 1.807) is 7.11 Å². The minimum Gasteiger partial charge on any atom is -0.497 e. The van der Waals surface area contributed by atoms with Crippen molar-refractivity contribution >= 4 is 6.09 Å². The normalized spacial score (nSPS) is 11.1. The van der Waals surface area contributed by atoms with Crippen molar-refractivity contribution in [1.29, 1.82) is 0 Å². The third-order valence-electron chi connectivity index (χ3n) is 2.71. The lowest BCUT2D eigenvalue weighted by Gasteiger charge is -2.20. The van der Waals surface area contributed by atoms with Crippen LogP contribution in [0.1, 0.15) is 37.5 Å². The number of rotatable bonds is 3. The van der Waals surface area contributed by atoms with Crippen molar-refractivity contribution in [1.82, 2.24) is 5.32 Å². The molecular formula is C15H23NO3. The van der Waals surface area contributed by atoms with Crippen LogP contribution >= 0.6 is 0 Å². The number of hydrogen-bond acceptors (Lipinski definition) is 3. The molecule has 1 rings (SSSR count). The second kappa shape index (κ2) is 5.95. The Bertz CT molecular complexity index is 438. The number of carbonyl (C=O) groups is 1. The highest BCUT2D eigenvalue weighted by molar-refractivity contribution is 5.67. The van der Waals surface area contributed by atoms with E-state index in [0.717, 1.165) is 22.4 Å². The van der Waals surface area contributed by atoms with Crippen molar-refractivity contribution in [2.75, 3.05) is 7.11 Å². The summed E-state index contributed by atoms with van der Waals surface area (Å²) in [7, 11) is 1.65. The molecule has 106 valence electrons. The molecule has 0 unspecified atom stereocenters. The average molecular weight is 265 g/mol. The van der Waals surface area contributed by atoms with Gasteiger partial charge in [0, 0.05) is 6.54 Å². The molecule has 0 spiro atoms. The molecule has 19 heavy (non-hydrogen) atoms. The van der Waals surface area contributed by atoms with Gasteiger partial charge >= 0.3 is 6.09 Å². The molecule has 0 aliphatic carbocycles. The van der Waals surface area contributed by atoms with Crippen LogP contribution in [0.15, 0.2) is 12.1 Å². The van der Waals surface area contributed by atoms with Gasteiger partial charge in [-0.15, -0.1) is 0 Å². The zero-order valence-corrected chi connectivity index (χ0v) is 12.6. The summed E-state index contributed by atoms with van der Waals surface area (Å²) in [6.07, 6.45) is -0.401. The number of amides is 1. The van der Waals surface area contributed by atoms with Gasteiger partial charge in [-0.3, -0.25) is 0 Å². The number of aryl methyl sites for hydroxylation is 2. The molecule has 0 saturated carbocycles. The maximum Gasteiger partial charge on any atom is 0.407 e. The predicted molar refractivity (Wildman–Crippen MR) is 75.5 cm³/mol. The number of hydrogen-bond donors (Lipinski definition) is 1. The Morgan fingerprint density at radius 1 is 1.21 bits per heavy atom. The zero-order valence-electron chi connectivity index (χ0n) is 12.6. The van der Waals surface area contributed by atoms with E-state index >= 15 is 0 Å². The molecule has 4 nitrogen and oxygen atoms in total. The molecule has 1 amide bonds. The Labute approximate surface area is 115 Å². The molecule has 0 atom stereocenters. The van der Waals surface area contributed by atoms with Gasteiger partial charge in [0.2, 0.25) is 0 Å². The fourth-order valence-corrected chi connectivity index (χ4v) is 1.83. The Morgan fingerprint density at radius 3 is 2.16 bits per heavy atom. The summed E-state index contributed by atoms with van der Waals surface area (Å²) in [4.78, 5) is 11.6. The number of methoxy groups -OCH3 is 1.